The van der Waals surface area contributed by atoms with Crippen molar-refractivity contribution in [2.45, 2.75) is 12.8 Å². The van der Waals surface area contributed by atoms with E-state index in [-0.39, 0.29) is 11.9 Å². The van der Waals surface area contributed by atoms with Crippen LogP contribution in [-0.4, -0.2) is 27.0 Å². The topological polar surface area (TPSA) is 85.3 Å². The monoisotopic (exact) mass is 307 g/mol. The summed E-state index contributed by atoms with van der Waals surface area (Å²) in [6.07, 6.45) is 4.34. The van der Waals surface area contributed by atoms with Crippen LogP contribution in [-0.2, 0) is 0 Å². The lowest BCUT2D eigenvalue weighted by atomic mass is 10.1. The zero-order chi connectivity index (χ0) is 15.8. The minimum atomic E-state index is -0.0112. The first-order valence-corrected chi connectivity index (χ1v) is 7.69. The molecular weight excluding hydrogens is 290 g/mol. The third kappa shape index (κ3) is 2.88. The zero-order valence-corrected chi connectivity index (χ0v) is 12.6. The molecule has 1 saturated carbocycles. The maximum atomic E-state index is 12.1. The molecule has 4 rings (SSSR count). The van der Waals surface area contributed by atoms with Crippen LogP contribution in [0.1, 0.15) is 23.2 Å². The number of hydrogen-bond acceptors (Lipinski definition) is 4. The number of nitrogens with two attached hydrogens (primary N) is 1. The average Bonchev–Trinajstić information content (AvgIpc) is 3.32. The second-order valence-electron chi connectivity index (χ2n) is 5.92. The van der Waals surface area contributed by atoms with Gasteiger partial charge in [0.2, 0.25) is 5.95 Å². The number of carbonyl (C=O) groups is 1. The molecule has 0 atom stereocenters. The number of benzene rings is 1. The summed E-state index contributed by atoms with van der Waals surface area (Å²) in [4.78, 5) is 16.2. The van der Waals surface area contributed by atoms with Crippen molar-refractivity contribution in [3.8, 4) is 11.1 Å². The van der Waals surface area contributed by atoms with E-state index in [0.29, 0.717) is 17.1 Å². The number of pyridine rings is 1. The Kier molecular flexibility index (Phi) is 3.22. The van der Waals surface area contributed by atoms with Crippen LogP contribution in [0.3, 0.4) is 0 Å². The van der Waals surface area contributed by atoms with Crippen molar-refractivity contribution >= 4 is 17.5 Å². The quantitative estimate of drug-likeness (QED) is 0.773. The summed E-state index contributed by atoms with van der Waals surface area (Å²) in [6, 6.07) is 11.4. The molecule has 3 N–H and O–H groups in total. The third-order valence-corrected chi connectivity index (χ3v) is 4.08. The number of hydrogen-bond donors (Lipinski definition) is 2. The molecular formula is C17H17N5O. The van der Waals surface area contributed by atoms with E-state index in [0.717, 1.165) is 17.7 Å². The van der Waals surface area contributed by atoms with Gasteiger partial charge in [-0.3, -0.25) is 4.79 Å². The third-order valence-electron chi connectivity index (χ3n) is 4.08. The standard InChI is InChI=1S/C17H17N5O/c18-17-20-15-8-7-14(10-22(15)21-17)12-3-5-13(6-4-12)16(23)19-9-11-1-2-11/h3-8,10-11H,1-2,9H2,(H2,18,21)(H,19,23). The van der Waals surface area contributed by atoms with Crippen molar-refractivity contribution in [3.05, 3.63) is 48.2 Å². The second kappa shape index (κ2) is 5.39. The molecule has 116 valence electrons. The fraction of sp³-hybridized carbons (Fsp3) is 0.235. The number of anilines is 1. The van der Waals surface area contributed by atoms with Crippen LogP contribution in [0.2, 0.25) is 0 Å². The Hall–Kier alpha value is -2.89. The van der Waals surface area contributed by atoms with E-state index >= 15 is 0 Å². The molecule has 6 nitrogen and oxygen atoms in total. The van der Waals surface area contributed by atoms with Crippen LogP contribution in [0.4, 0.5) is 5.95 Å². The van der Waals surface area contributed by atoms with Crippen molar-refractivity contribution in [1.29, 1.82) is 0 Å². The van der Waals surface area contributed by atoms with Gasteiger partial charge in [0.15, 0.2) is 5.65 Å². The predicted molar refractivity (Wildman–Crippen MR) is 87.9 cm³/mol. The Labute approximate surface area is 133 Å². The molecule has 23 heavy (non-hydrogen) atoms. The van der Waals surface area contributed by atoms with Crippen molar-refractivity contribution in [2.24, 2.45) is 5.92 Å². The fourth-order valence-electron chi connectivity index (χ4n) is 2.55. The van der Waals surface area contributed by atoms with Crippen molar-refractivity contribution in [1.82, 2.24) is 19.9 Å². The minimum Gasteiger partial charge on any atom is -0.366 e. The Morgan fingerprint density at radius 2 is 1.91 bits per heavy atom. The number of carbonyl (C=O) groups excluding carboxylic acids is 1. The zero-order valence-electron chi connectivity index (χ0n) is 12.6. The normalized spacial score (nSPS) is 14.1. The maximum absolute atomic E-state index is 12.1. The van der Waals surface area contributed by atoms with Crippen LogP contribution < -0.4 is 11.1 Å². The summed E-state index contributed by atoms with van der Waals surface area (Å²) in [7, 11) is 0. The lowest BCUT2D eigenvalue weighted by Gasteiger charge is -2.06. The molecule has 1 amide bonds. The van der Waals surface area contributed by atoms with Gasteiger partial charge >= 0.3 is 0 Å². The Morgan fingerprint density at radius 1 is 1.17 bits per heavy atom. The fourth-order valence-corrected chi connectivity index (χ4v) is 2.55. The molecule has 1 aliphatic rings. The van der Waals surface area contributed by atoms with Gasteiger partial charge in [0.05, 0.1) is 0 Å². The lowest BCUT2D eigenvalue weighted by Crippen LogP contribution is -2.25. The SMILES string of the molecule is Nc1nc2ccc(-c3ccc(C(=O)NCC4CC4)cc3)cn2n1. The molecule has 2 heterocycles. The molecule has 2 aromatic heterocycles. The van der Waals surface area contributed by atoms with Gasteiger partial charge < -0.3 is 11.1 Å². The lowest BCUT2D eigenvalue weighted by molar-refractivity contribution is 0.0952. The average molecular weight is 307 g/mol. The first kappa shape index (κ1) is 13.8. The highest BCUT2D eigenvalue weighted by atomic mass is 16.1. The van der Waals surface area contributed by atoms with Crippen molar-refractivity contribution < 1.29 is 4.79 Å². The van der Waals surface area contributed by atoms with E-state index in [2.05, 4.69) is 15.4 Å². The first-order chi connectivity index (χ1) is 11.2. The van der Waals surface area contributed by atoms with Gasteiger partial charge in [0.25, 0.3) is 5.91 Å². The summed E-state index contributed by atoms with van der Waals surface area (Å²) in [5, 5.41) is 7.08. The molecule has 0 aliphatic heterocycles. The van der Waals surface area contributed by atoms with Crippen LogP contribution >= 0.6 is 0 Å². The number of fused-ring (bicyclic) bond motifs is 1. The van der Waals surface area contributed by atoms with Crippen molar-refractivity contribution in [3.63, 3.8) is 0 Å². The summed E-state index contributed by atoms with van der Waals surface area (Å²) in [5.41, 5.74) is 9.00. The number of nitrogens with one attached hydrogen (secondary N) is 1. The molecule has 3 aromatic rings. The van der Waals surface area contributed by atoms with Gasteiger partial charge in [-0.25, -0.2) is 4.52 Å². The van der Waals surface area contributed by atoms with E-state index in [1.54, 1.807) is 4.52 Å². The van der Waals surface area contributed by atoms with Gasteiger partial charge in [-0.2, -0.15) is 4.98 Å². The molecule has 0 unspecified atom stereocenters. The molecule has 0 radical (unpaired) electrons. The number of nitrogens with zero attached hydrogens (tertiary/aromatic N) is 3. The van der Waals surface area contributed by atoms with Crippen LogP contribution in [0.15, 0.2) is 42.6 Å². The van der Waals surface area contributed by atoms with Gasteiger partial charge in [0, 0.05) is 23.9 Å². The van der Waals surface area contributed by atoms with Crippen LogP contribution in [0, 0.1) is 5.92 Å². The highest BCUT2D eigenvalue weighted by molar-refractivity contribution is 5.94. The van der Waals surface area contributed by atoms with E-state index in [1.165, 1.54) is 12.8 Å². The van der Waals surface area contributed by atoms with E-state index in [4.69, 9.17) is 5.73 Å². The van der Waals surface area contributed by atoms with Crippen LogP contribution in [0.25, 0.3) is 16.8 Å². The molecule has 0 bridgehead atoms. The Morgan fingerprint density at radius 3 is 2.65 bits per heavy atom. The highest BCUT2D eigenvalue weighted by Gasteiger charge is 2.21. The van der Waals surface area contributed by atoms with Gasteiger partial charge in [-0.05, 0) is 48.6 Å². The first-order valence-electron chi connectivity index (χ1n) is 7.69. The van der Waals surface area contributed by atoms with E-state index in [1.807, 2.05) is 42.6 Å². The van der Waals surface area contributed by atoms with Gasteiger partial charge in [-0.15, -0.1) is 5.10 Å². The summed E-state index contributed by atoms with van der Waals surface area (Å²) in [6.45, 7) is 0.783. The van der Waals surface area contributed by atoms with Crippen LogP contribution in [0.5, 0.6) is 0 Å². The van der Waals surface area contributed by atoms with Crippen molar-refractivity contribution in [2.75, 3.05) is 12.3 Å². The smallest absolute Gasteiger partial charge is 0.251 e. The number of nitrogen functional groups attached to an aromatic ring is 1. The highest BCUT2D eigenvalue weighted by Crippen LogP contribution is 2.27. The van der Waals surface area contributed by atoms with Gasteiger partial charge in [0.1, 0.15) is 0 Å². The van der Waals surface area contributed by atoms with Gasteiger partial charge in [-0.1, -0.05) is 12.1 Å². The summed E-state index contributed by atoms with van der Waals surface area (Å²) < 4.78 is 1.65. The molecule has 0 saturated heterocycles. The molecule has 1 aliphatic carbocycles. The predicted octanol–water partition coefficient (Wildman–Crippen LogP) is 2.12. The molecule has 1 aromatic carbocycles. The Bertz CT molecular complexity index is 864. The Balaban J connectivity index is 1.54. The van der Waals surface area contributed by atoms with E-state index in [9.17, 15) is 4.79 Å². The second-order valence-corrected chi connectivity index (χ2v) is 5.92. The summed E-state index contributed by atoms with van der Waals surface area (Å²) >= 11 is 0. The van der Waals surface area contributed by atoms with E-state index < -0.39 is 0 Å². The largest absolute Gasteiger partial charge is 0.366 e. The number of rotatable bonds is 4. The minimum absolute atomic E-state index is 0.0112. The molecule has 6 heteroatoms. The summed E-state index contributed by atoms with van der Waals surface area (Å²) in [5.74, 6) is 0.924. The molecule has 0 spiro atoms. The molecule has 1 fully saturated rings. The maximum Gasteiger partial charge on any atom is 0.251 e. The number of amides is 1. The number of aromatic nitrogens is 3.